The zero-order valence-corrected chi connectivity index (χ0v) is 18.0. The van der Waals surface area contributed by atoms with E-state index in [1.54, 1.807) is 24.1 Å². The summed E-state index contributed by atoms with van der Waals surface area (Å²) < 4.78 is 5.26. The highest BCUT2D eigenvalue weighted by Crippen LogP contribution is 2.44. The van der Waals surface area contributed by atoms with E-state index in [0.29, 0.717) is 35.0 Å². The molecule has 0 saturated carbocycles. The van der Waals surface area contributed by atoms with Gasteiger partial charge in [0, 0.05) is 23.6 Å². The number of hydrogen-bond donors (Lipinski definition) is 0. The Morgan fingerprint density at radius 3 is 2.66 bits per heavy atom. The highest BCUT2D eigenvalue weighted by Gasteiger charge is 2.44. The quantitative estimate of drug-likeness (QED) is 0.587. The molecular weight excluding hydrogens is 411 g/mol. The molecule has 1 aliphatic heterocycles. The topological polar surface area (TPSA) is 59.5 Å². The lowest BCUT2D eigenvalue weighted by atomic mass is 9.80. The van der Waals surface area contributed by atoms with Crippen LogP contribution in [0.4, 0.5) is 0 Å². The molecule has 0 aliphatic carbocycles. The number of rotatable bonds is 6. The lowest BCUT2D eigenvalue weighted by molar-refractivity contribution is -0.159. The average molecular weight is 435 g/mol. The van der Waals surface area contributed by atoms with Gasteiger partial charge in [-0.3, -0.25) is 9.78 Å². The third-order valence-corrected chi connectivity index (χ3v) is 5.71. The summed E-state index contributed by atoms with van der Waals surface area (Å²) in [6, 6.07) is 10.1. The van der Waals surface area contributed by atoms with E-state index in [0.717, 1.165) is 5.56 Å². The molecule has 1 aliphatic rings. The number of ether oxygens (including phenoxy) is 1. The largest absolute Gasteiger partial charge is 0.464 e. The van der Waals surface area contributed by atoms with Gasteiger partial charge in [0.25, 0.3) is 0 Å². The van der Waals surface area contributed by atoms with Crippen LogP contribution in [0.25, 0.3) is 0 Å². The predicted octanol–water partition coefficient (Wildman–Crippen LogP) is 5.18. The van der Waals surface area contributed by atoms with Gasteiger partial charge in [-0.15, -0.1) is 0 Å². The van der Waals surface area contributed by atoms with E-state index in [4.69, 9.17) is 27.9 Å². The molecule has 3 rings (SSSR count). The Hall–Kier alpha value is -2.11. The second-order valence-corrected chi connectivity index (χ2v) is 7.90. The highest BCUT2D eigenvalue weighted by atomic mass is 35.5. The minimum absolute atomic E-state index is 0.0523. The number of hydrogen-bond acceptors (Lipinski definition) is 4. The molecule has 1 aromatic heterocycles. The van der Waals surface area contributed by atoms with Crippen molar-refractivity contribution >= 4 is 35.1 Å². The molecule has 0 bridgehead atoms. The van der Waals surface area contributed by atoms with Crippen molar-refractivity contribution in [3.05, 3.63) is 63.9 Å². The number of nitrogens with zero attached hydrogens (tertiary/aromatic N) is 2. The molecule has 1 fully saturated rings. The summed E-state index contributed by atoms with van der Waals surface area (Å²) in [6.45, 7) is 3.90. The van der Waals surface area contributed by atoms with Crippen LogP contribution in [0.15, 0.2) is 42.6 Å². The Morgan fingerprint density at radius 2 is 2.03 bits per heavy atom. The summed E-state index contributed by atoms with van der Waals surface area (Å²) in [4.78, 5) is 31.9. The Balaban J connectivity index is 2.10. The zero-order chi connectivity index (χ0) is 21.0. The first kappa shape index (κ1) is 21.6. The number of piperidine rings is 1. The first-order chi connectivity index (χ1) is 14.0. The van der Waals surface area contributed by atoms with Crippen LogP contribution in [-0.2, 0) is 14.3 Å². The molecule has 2 heterocycles. The summed E-state index contributed by atoms with van der Waals surface area (Å²) >= 11 is 12.3. The standard InChI is InChI=1S/C22H24Cl2N2O3/c1-3-19(22(28)29-4-2)26-20(27)11-9-17(14-6-5-7-15(23)12-14)21(26)18-10-8-16(24)13-25-18/h5-8,10,12-13,17,19,21H,3-4,9,11H2,1-2H3/t17-,19+,21+/m1/s1. The van der Waals surface area contributed by atoms with Crippen molar-refractivity contribution in [2.24, 2.45) is 0 Å². The SMILES string of the molecule is CCOC(=O)[C@H](CC)N1C(=O)CC[C@H](c2cccc(Cl)c2)[C@H]1c1ccc(Cl)cn1. The van der Waals surface area contributed by atoms with E-state index >= 15 is 0 Å². The van der Waals surface area contributed by atoms with Crippen molar-refractivity contribution < 1.29 is 14.3 Å². The summed E-state index contributed by atoms with van der Waals surface area (Å²) in [5, 5.41) is 1.14. The third-order valence-electron chi connectivity index (χ3n) is 5.25. The Kier molecular flexibility index (Phi) is 7.14. The maximum Gasteiger partial charge on any atom is 0.328 e. The number of carbonyl (C=O) groups excluding carboxylic acids is 2. The summed E-state index contributed by atoms with van der Waals surface area (Å²) in [7, 11) is 0. The van der Waals surface area contributed by atoms with Gasteiger partial charge in [0.2, 0.25) is 5.91 Å². The molecule has 3 atom stereocenters. The van der Waals surface area contributed by atoms with Crippen LogP contribution in [0, 0.1) is 0 Å². The number of carbonyl (C=O) groups is 2. The van der Waals surface area contributed by atoms with Gasteiger partial charge in [0.15, 0.2) is 0 Å². The molecule has 29 heavy (non-hydrogen) atoms. The fraction of sp³-hybridized carbons (Fsp3) is 0.409. The normalized spacial score (nSPS) is 20.4. The van der Waals surface area contributed by atoms with Gasteiger partial charge in [0.1, 0.15) is 6.04 Å². The smallest absolute Gasteiger partial charge is 0.328 e. The molecule has 1 amide bonds. The fourth-order valence-electron chi connectivity index (χ4n) is 4.00. The van der Waals surface area contributed by atoms with Gasteiger partial charge < -0.3 is 9.64 Å². The molecular formula is C22H24Cl2N2O3. The van der Waals surface area contributed by atoms with Crippen molar-refractivity contribution in [3.63, 3.8) is 0 Å². The number of benzene rings is 1. The first-order valence-electron chi connectivity index (χ1n) is 9.81. The van der Waals surface area contributed by atoms with Gasteiger partial charge in [-0.2, -0.15) is 0 Å². The molecule has 1 aromatic carbocycles. The summed E-state index contributed by atoms with van der Waals surface area (Å²) in [5.41, 5.74) is 1.70. The Labute approximate surface area is 181 Å². The van der Waals surface area contributed by atoms with Gasteiger partial charge in [-0.05, 0) is 49.6 Å². The first-order valence-corrected chi connectivity index (χ1v) is 10.6. The number of aromatic nitrogens is 1. The second-order valence-electron chi connectivity index (χ2n) is 7.02. The molecule has 1 saturated heterocycles. The number of likely N-dealkylation sites (tertiary alicyclic amines) is 1. The molecule has 0 N–H and O–H groups in total. The molecule has 0 unspecified atom stereocenters. The molecule has 0 radical (unpaired) electrons. The van der Waals surface area contributed by atoms with E-state index in [9.17, 15) is 9.59 Å². The van der Waals surface area contributed by atoms with E-state index in [1.807, 2.05) is 37.3 Å². The lowest BCUT2D eigenvalue weighted by Gasteiger charge is -2.44. The van der Waals surface area contributed by atoms with Crippen LogP contribution in [-0.4, -0.2) is 34.4 Å². The number of halogens is 2. The van der Waals surface area contributed by atoms with Gasteiger partial charge >= 0.3 is 5.97 Å². The number of pyridine rings is 1. The van der Waals surface area contributed by atoms with Crippen LogP contribution < -0.4 is 0 Å². The molecule has 5 nitrogen and oxygen atoms in total. The van der Waals surface area contributed by atoms with E-state index in [-0.39, 0.29) is 18.4 Å². The maximum atomic E-state index is 13.0. The highest BCUT2D eigenvalue weighted by molar-refractivity contribution is 6.30. The number of esters is 1. The van der Waals surface area contributed by atoms with Crippen molar-refractivity contribution in [1.82, 2.24) is 9.88 Å². The molecule has 7 heteroatoms. The predicted molar refractivity (Wildman–Crippen MR) is 113 cm³/mol. The van der Waals surface area contributed by atoms with E-state index < -0.39 is 18.1 Å². The second kappa shape index (κ2) is 9.59. The third kappa shape index (κ3) is 4.73. The van der Waals surface area contributed by atoms with Gasteiger partial charge in [-0.25, -0.2) is 4.79 Å². The van der Waals surface area contributed by atoms with Crippen molar-refractivity contribution in [1.29, 1.82) is 0 Å². The molecule has 0 spiro atoms. The fourth-order valence-corrected chi connectivity index (χ4v) is 4.31. The minimum atomic E-state index is -0.674. The van der Waals surface area contributed by atoms with Crippen molar-refractivity contribution in [3.8, 4) is 0 Å². The van der Waals surface area contributed by atoms with Gasteiger partial charge in [-0.1, -0.05) is 42.3 Å². The Bertz CT molecular complexity index is 873. The lowest BCUT2D eigenvalue weighted by Crippen LogP contribution is -2.51. The minimum Gasteiger partial charge on any atom is -0.464 e. The van der Waals surface area contributed by atoms with Crippen molar-refractivity contribution in [2.45, 2.75) is 51.1 Å². The zero-order valence-electron chi connectivity index (χ0n) is 16.5. The summed E-state index contributed by atoms with van der Waals surface area (Å²) in [5.74, 6) is -0.525. The van der Waals surface area contributed by atoms with Crippen LogP contribution in [0.5, 0.6) is 0 Å². The van der Waals surface area contributed by atoms with Crippen LogP contribution in [0.3, 0.4) is 0 Å². The Morgan fingerprint density at radius 1 is 1.24 bits per heavy atom. The van der Waals surface area contributed by atoms with Crippen LogP contribution in [0.2, 0.25) is 10.0 Å². The van der Waals surface area contributed by atoms with Crippen LogP contribution in [0.1, 0.15) is 56.3 Å². The maximum absolute atomic E-state index is 13.0. The monoisotopic (exact) mass is 434 g/mol. The van der Waals surface area contributed by atoms with Crippen LogP contribution >= 0.6 is 23.2 Å². The summed E-state index contributed by atoms with van der Waals surface area (Å²) in [6.07, 6.45) is 3.01. The molecule has 2 aromatic rings. The molecule has 154 valence electrons. The number of amides is 1. The average Bonchev–Trinajstić information content (AvgIpc) is 2.70. The van der Waals surface area contributed by atoms with E-state index in [1.165, 1.54) is 0 Å². The van der Waals surface area contributed by atoms with E-state index in [2.05, 4.69) is 4.98 Å². The van der Waals surface area contributed by atoms with Crippen molar-refractivity contribution in [2.75, 3.05) is 6.61 Å². The van der Waals surface area contributed by atoms with Gasteiger partial charge in [0.05, 0.1) is 23.4 Å².